The smallest absolute Gasteiger partial charge is 0.224 e. The molecule has 0 spiro atoms. The number of carbonyl (C=O) groups excluding carboxylic acids is 1. The van der Waals surface area contributed by atoms with Crippen LogP contribution in [0.3, 0.4) is 0 Å². The molecule has 1 aromatic rings. The number of hydrogen-bond donors (Lipinski definition) is 2. The number of nitrogens with one attached hydrogen (secondary N) is 1. The number of hydrogen-bond acceptors (Lipinski definition) is 2. The van der Waals surface area contributed by atoms with Crippen molar-refractivity contribution in [1.82, 2.24) is 5.32 Å². The van der Waals surface area contributed by atoms with Gasteiger partial charge in [-0.2, -0.15) is 0 Å². The molecule has 0 heterocycles. The van der Waals surface area contributed by atoms with E-state index in [0.29, 0.717) is 6.42 Å². The Balaban J connectivity index is 2.45. The highest BCUT2D eigenvalue weighted by molar-refractivity contribution is 9.09. The van der Waals surface area contributed by atoms with E-state index in [9.17, 15) is 9.90 Å². The van der Waals surface area contributed by atoms with Gasteiger partial charge in [0.05, 0.1) is 6.42 Å². The summed E-state index contributed by atoms with van der Waals surface area (Å²) in [7, 11) is 0. The minimum Gasteiger partial charge on any atom is -0.508 e. The Hall–Kier alpha value is -1.03. The Morgan fingerprint density at radius 2 is 2.31 bits per heavy atom. The summed E-state index contributed by atoms with van der Waals surface area (Å²) in [5, 5.41) is 13.0. The molecule has 0 radical (unpaired) electrons. The molecular weight excluding hydrogens is 270 g/mol. The number of rotatable bonds is 5. The molecule has 1 atom stereocenters. The number of halogens is 1. The van der Waals surface area contributed by atoms with Crippen molar-refractivity contribution < 1.29 is 9.90 Å². The van der Waals surface area contributed by atoms with Crippen LogP contribution in [0.15, 0.2) is 24.3 Å². The summed E-state index contributed by atoms with van der Waals surface area (Å²) in [6, 6.07) is 6.93. The Labute approximate surface area is 104 Å². The summed E-state index contributed by atoms with van der Waals surface area (Å²) in [6.45, 7) is 1.97. The van der Waals surface area contributed by atoms with Gasteiger partial charge in [-0.15, -0.1) is 0 Å². The highest BCUT2D eigenvalue weighted by atomic mass is 79.9. The maximum Gasteiger partial charge on any atom is 0.224 e. The number of phenols is 1. The largest absolute Gasteiger partial charge is 0.508 e. The summed E-state index contributed by atoms with van der Waals surface area (Å²) in [5.41, 5.74) is 0.823. The van der Waals surface area contributed by atoms with Gasteiger partial charge in [0.1, 0.15) is 5.75 Å². The minimum atomic E-state index is -0.0148. The van der Waals surface area contributed by atoms with Crippen LogP contribution in [0.4, 0.5) is 0 Å². The van der Waals surface area contributed by atoms with Gasteiger partial charge in [0.15, 0.2) is 0 Å². The lowest BCUT2D eigenvalue weighted by atomic mass is 10.1. The standard InChI is InChI=1S/C12H16BrNO2/c1-9(5-6-13)14-12(16)8-10-3-2-4-11(15)7-10/h2-4,7,9,15H,5-6,8H2,1H3,(H,14,16). The van der Waals surface area contributed by atoms with Gasteiger partial charge >= 0.3 is 0 Å². The lowest BCUT2D eigenvalue weighted by Crippen LogP contribution is -2.33. The molecule has 3 nitrogen and oxygen atoms in total. The van der Waals surface area contributed by atoms with Crippen LogP contribution in [0, 0.1) is 0 Å². The number of benzene rings is 1. The average Bonchev–Trinajstić information content (AvgIpc) is 2.17. The van der Waals surface area contributed by atoms with Gasteiger partial charge in [0.25, 0.3) is 0 Å². The van der Waals surface area contributed by atoms with Crippen molar-refractivity contribution >= 4 is 21.8 Å². The van der Waals surface area contributed by atoms with Gasteiger partial charge in [-0.05, 0) is 31.0 Å². The molecule has 16 heavy (non-hydrogen) atoms. The topological polar surface area (TPSA) is 49.3 Å². The van der Waals surface area contributed by atoms with Crippen molar-refractivity contribution in [3.63, 3.8) is 0 Å². The molecule has 4 heteroatoms. The van der Waals surface area contributed by atoms with Gasteiger partial charge in [-0.3, -0.25) is 4.79 Å². The van der Waals surface area contributed by atoms with Crippen LogP contribution in [0.2, 0.25) is 0 Å². The number of carbonyl (C=O) groups is 1. The van der Waals surface area contributed by atoms with E-state index in [1.807, 2.05) is 13.0 Å². The molecule has 0 fully saturated rings. The first kappa shape index (κ1) is 13.0. The van der Waals surface area contributed by atoms with E-state index in [1.54, 1.807) is 18.2 Å². The first-order chi connectivity index (χ1) is 7.61. The fraction of sp³-hybridized carbons (Fsp3) is 0.417. The van der Waals surface area contributed by atoms with Gasteiger partial charge < -0.3 is 10.4 Å². The van der Waals surface area contributed by atoms with Gasteiger partial charge in [0, 0.05) is 11.4 Å². The summed E-state index contributed by atoms with van der Waals surface area (Å²) in [6.07, 6.45) is 1.22. The maximum absolute atomic E-state index is 11.6. The van der Waals surface area contributed by atoms with Crippen molar-refractivity contribution in [2.75, 3.05) is 5.33 Å². The average molecular weight is 286 g/mol. The van der Waals surface area contributed by atoms with Gasteiger partial charge in [0.2, 0.25) is 5.91 Å². The number of aromatic hydroxyl groups is 1. The van der Waals surface area contributed by atoms with Gasteiger partial charge in [-0.25, -0.2) is 0 Å². The van der Waals surface area contributed by atoms with E-state index in [4.69, 9.17) is 0 Å². The Kier molecular flexibility index (Phi) is 5.32. The molecule has 88 valence electrons. The zero-order valence-corrected chi connectivity index (χ0v) is 10.8. The molecule has 0 aliphatic rings. The zero-order valence-electron chi connectivity index (χ0n) is 9.24. The number of phenolic OH excluding ortho intramolecular Hbond substituents is 1. The normalized spacial score (nSPS) is 12.1. The van der Waals surface area contributed by atoms with Crippen LogP contribution in [0.1, 0.15) is 18.9 Å². The Bertz CT molecular complexity index is 355. The monoisotopic (exact) mass is 285 g/mol. The van der Waals surface area contributed by atoms with Crippen LogP contribution in [-0.2, 0) is 11.2 Å². The predicted octanol–water partition coefficient (Wildman–Crippen LogP) is 2.22. The third kappa shape index (κ3) is 4.66. The molecule has 0 saturated heterocycles. The Morgan fingerprint density at radius 3 is 2.94 bits per heavy atom. The summed E-state index contributed by atoms with van der Waals surface area (Å²) in [4.78, 5) is 11.6. The minimum absolute atomic E-state index is 0.0148. The van der Waals surface area contributed by atoms with Crippen molar-refractivity contribution in [2.24, 2.45) is 0 Å². The fourth-order valence-corrected chi connectivity index (χ4v) is 2.10. The van der Waals surface area contributed by atoms with Crippen LogP contribution in [0.5, 0.6) is 5.75 Å². The molecule has 1 rings (SSSR count). The van der Waals surface area contributed by atoms with E-state index in [0.717, 1.165) is 17.3 Å². The van der Waals surface area contributed by atoms with Crippen LogP contribution < -0.4 is 5.32 Å². The third-order valence-electron chi connectivity index (χ3n) is 2.22. The molecular formula is C12H16BrNO2. The molecule has 1 aromatic carbocycles. The van der Waals surface area contributed by atoms with E-state index in [2.05, 4.69) is 21.2 Å². The summed E-state index contributed by atoms with van der Waals surface area (Å²) < 4.78 is 0. The van der Waals surface area contributed by atoms with Crippen LogP contribution in [0.25, 0.3) is 0 Å². The van der Waals surface area contributed by atoms with E-state index in [-0.39, 0.29) is 17.7 Å². The highest BCUT2D eigenvalue weighted by Crippen LogP contribution is 2.11. The summed E-state index contributed by atoms with van der Waals surface area (Å²) >= 11 is 3.33. The molecule has 0 aromatic heterocycles. The molecule has 1 unspecified atom stereocenters. The van der Waals surface area contributed by atoms with Crippen molar-refractivity contribution in [3.8, 4) is 5.75 Å². The van der Waals surface area contributed by atoms with E-state index < -0.39 is 0 Å². The predicted molar refractivity (Wildman–Crippen MR) is 67.8 cm³/mol. The van der Waals surface area contributed by atoms with Crippen molar-refractivity contribution in [2.45, 2.75) is 25.8 Å². The van der Waals surface area contributed by atoms with Crippen LogP contribution >= 0.6 is 15.9 Å². The second kappa shape index (κ2) is 6.53. The molecule has 0 aliphatic heterocycles. The lowest BCUT2D eigenvalue weighted by molar-refractivity contribution is -0.121. The lowest BCUT2D eigenvalue weighted by Gasteiger charge is -2.12. The van der Waals surface area contributed by atoms with E-state index >= 15 is 0 Å². The van der Waals surface area contributed by atoms with Crippen molar-refractivity contribution in [1.29, 1.82) is 0 Å². The van der Waals surface area contributed by atoms with Crippen molar-refractivity contribution in [3.05, 3.63) is 29.8 Å². The second-order valence-corrected chi connectivity index (χ2v) is 4.59. The molecule has 0 aliphatic carbocycles. The Morgan fingerprint density at radius 1 is 1.56 bits per heavy atom. The van der Waals surface area contributed by atoms with E-state index in [1.165, 1.54) is 0 Å². The molecule has 0 bridgehead atoms. The fourth-order valence-electron chi connectivity index (χ4n) is 1.41. The molecule has 2 N–H and O–H groups in total. The SMILES string of the molecule is CC(CCBr)NC(=O)Cc1cccc(O)c1. The van der Waals surface area contributed by atoms with Crippen LogP contribution in [-0.4, -0.2) is 22.4 Å². The second-order valence-electron chi connectivity index (χ2n) is 3.79. The third-order valence-corrected chi connectivity index (χ3v) is 2.68. The van der Waals surface area contributed by atoms with Gasteiger partial charge in [-0.1, -0.05) is 28.1 Å². The maximum atomic E-state index is 11.6. The highest BCUT2D eigenvalue weighted by Gasteiger charge is 2.07. The molecule has 0 saturated carbocycles. The molecule has 1 amide bonds. The first-order valence-corrected chi connectivity index (χ1v) is 6.37. The number of amides is 1. The first-order valence-electron chi connectivity index (χ1n) is 5.25. The quantitative estimate of drug-likeness (QED) is 0.815. The number of alkyl halides is 1. The summed E-state index contributed by atoms with van der Waals surface area (Å²) in [5.74, 6) is 0.179. The zero-order chi connectivity index (χ0) is 12.0.